The molecule has 1 aromatic carbocycles. The third-order valence-electron chi connectivity index (χ3n) is 4.96. The van der Waals surface area contributed by atoms with E-state index in [-0.39, 0.29) is 30.5 Å². The summed E-state index contributed by atoms with van der Waals surface area (Å²) >= 11 is 0. The Bertz CT molecular complexity index is 605. The number of nitrogens with zero attached hydrogens (tertiary/aromatic N) is 1. The van der Waals surface area contributed by atoms with Crippen molar-refractivity contribution >= 4 is 11.8 Å². The Labute approximate surface area is 157 Å². The highest BCUT2D eigenvalue weighted by Gasteiger charge is 2.43. The normalized spacial score (nSPS) is 21.2. The zero-order chi connectivity index (χ0) is 19.4. The number of morpholine rings is 1. The van der Waals surface area contributed by atoms with Crippen molar-refractivity contribution in [3.05, 3.63) is 35.9 Å². The highest BCUT2D eigenvalue weighted by molar-refractivity contribution is 5.86. The van der Waals surface area contributed by atoms with Crippen LogP contribution in [-0.4, -0.2) is 41.5 Å². The Morgan fingerprint density at radius 1 is 1.08 bits per heavy atom. The van der Waals surface area contributed by atoms with Gasteiger partial charge in [-0.2, -0.15) is 0 Å². The number of amides is 2. The fourth-order valence-electron chi connectivity index (χ4n) is 3.79. The number of ether oxygens (including phenoxy) is 1. The van der Waals surface area contributed by atoms with Crippen LogP contribution in [0.4, 0.5) is 0 Å². The first-order chi connectivity index (χ1) is 12.2. The summed E-state index contributed by atoms with van der Waals surface area (Å²) in [4.78, 5) is 27.4. The second-order valence-electron chi connectivity index (χ2n) is 8.00. The molecule has 1 fully saturated rings. The van der Waals surface area contributed by atoms with E-state index in [1.54, 1.807) is 4.90 Å². The van der Waals surface area contributed by atoms with E-state index in [1.807, 2.05) is 44.2 Å². The van der Waals surface area contributed by atoms with Crippen LogP contribution in [0.2, 0.25) is 0 Å². The SMILES string of the molecule is CC(C)C(NC(=O)[C@H]1OCC(=O)N(C(C)C)[C@@H]1c1ccccc1)C(C)C. The molecule has 2 atom stereocenters. The molecular formula is C21H32N2O3. The summed E-state index contributed by atoms with van der Waals surface area (Å²) < 4.78 is 5.76. The molecule has 0 aliphatic carbocycles. The van der Waals surface area contributed by atoms with Crippen LogP contribution in [0, 0.1) is 11.8 Å². The van der Waals surface area contributed by atoms with Gasteiger partial charge in [0.05, 0.1) is 6.04 Å². The Kier molecular flexibility index (Phi) is 6.81. The monoisotopic (exact) mass is 360 g/mol. The van der Waals surface area contributed by atoms with Crippen LogP contribution in [0.25, 0.3) is 0 Å². The molecule has 144 valence electrons. The van der Waals surface area contributed by atoms with E-state index >= 15 is 0 Å². The third-order valence-corrected chi connectivity index (χ3v) is 4.96. The smallest absolute Gasteiger partial charge is 0.251 e. The van der Waals surface area contributed by atoms with E-state index in [2.05, 4.69) is 33.0 Å². The van der Waals surface area contributed by atoms with Crippen LogP contribution < -0.4 is 5.32 Å². The van der Waals surface area contributed by atoms with Gasteiger partial charge in [0.15, 0.2) is 6.10 Å². The molecule has 1 aliphatic heterocycles. The first-order valence-electron chi connectivity index (χ1n) is 9.52. The van der Waals surface area contributed by atoms with Crippen molar-refractivity contribution in [3.8, 4) is 0 Å². The highest BCUT2D eigenvalue weighted by Crippen LogP contribution is 2.32. The van der Waals surface area contributed by atoms with E-state index in [0.29, 0.717) is 11.8 Å². The topological polar surface area (TPSA) is 58.6 Å². The van der Waals surface area contributed by atoms with Crippen LogP contribution in [0.15, 0.2) is 30.3 Å². The molecule has 2 rings (SSSR count). The first-order valence-corrected chi connectivity index (χ1v) is 9.52. The maximum absolute atomic E-state index is 13.1. The number of carbonyl (C=O) groups is 2. The molecule has 0 spiro atoms. The van der Waals surface area contributed by atoms with Gasteiger partial charge in [-0.25, -0.2) is 0 Å². The van der Waals surface area contributed by atoms with Crippen LogP contribution in [-0.2, 0) is 14.3 Å². The molecule has 2 amide bonds. The Balaban J connectivity index is 2.35. The highest BCUT2D eigenvalue weighted by atomic mass is 16.5. The lowest BCUT2D eigenvalue weighted by Gasteiger charge is -2.43. The van der Waals surface area contributed by atoms with Crippen molar-refractivity contribution in [2.24, 2.45) is 11.8 Å². The Hall–Kier alpha value is -1.88. The van der Waals surface area contributed by atoms with Gasteiger partial charge in [-0.15, -0.1) is 0 Å². The molecule has 1 heterocycles. The second kappa shape index (κ2) is 8.67. The first kappa shape index (κ1) is 20.4. The number of rotatable bonds is 6. The lowest BCUT2D eigenvalue weighted by atomic mass is 9.91. The molecule has 1 saturated heterocycles. The summed E-state index contributed by atoms with van der Waals surface area (Å²) in [6, 6.07) is 9.30. The van der Waals surface area contributed by atoms with Crippen molar-refractivity contribution in [1.82, 2.24) is 10.2 Å². The van der Waals surface area contributed by atoms with Gasteiger partial charge in [0, 0.05) is 12.1 Å². The summed E-state index contributed by atoms with van der Waals surface area (Å²) in [7, 11) is 0. The van der Waals surface area contributed by atoms with Crippen molar-refractivity contribution in [3.63, 3.8) is 0 Å². The molecule has 5 nitrogen and oxygen atoms in total. The van der Waals surface area contributed by atoms with Gasteiger partial charge in [-0.05, 0) is 31.2 Å². The maximum atomic E-state index is 13.1. The molecule has 1 aromatic rings. The minimum atomic E-state index is -0.711. The van der Waals surface area contributed by atoms with E-state index in [0.717, 1.165) is 5.56 Å². The zero-order valence-corrected chi connectivity index (χ0v) is 16.7. The maximum Gasteiger partial charge on any atom is 0.251 e. The van der Waals surface area contributed by atoms with Gasteiger partial charge < -0.3 is 15.0 Å². The van der Waals surface area contributed by atoms with Crippen LogP contribution in [0.5, 0.6) is 0 Å². The quantitative estimate of drug-likeness (QED) is 0.848. The number of carbonyl (C=O) groups excluding carboxylic acids is 2. The minimum absolute atomic E-state index is 0.0158. The van der Waals surface area contributed by atoms with Crippen LogP contribution in [0.1, 0.15) is 53.1 Å². The van der Waals surface area contributed by atoms with Crippen molar-refractivity contribution in [2.45, 2.75) is 65.8 Å². The van der Waals surface area contributed by atoms with Crippen LogP contribution in [0.3, 0.4) is 0 Å². The lowest BCUT2D eigenvalue weighted by molar-refractivity contribution is -0.167. The summed E-state index contributed by atoms with van der Waals surface area (Å²) in [6.45, 7) is 12.3. The number of nitrogens with one attached hydrogen (secondary N) is 1. The lowest BCUT2D eigenvalue weighted by Crippen LogP contribution is -2.58. The average molecular weight is 360 g/mol. The van der Waals surface area contributed by atoms with Gasteiger partial charge in [0.1, 0.15) is 6.61 Å². The number of benzene rings is 1. The second-order valence-corrected chi connectivity index (χ2v) is 8.00. The van der Waals surface area contributed by atoms with E-state index in [1.165, 1.54) is 0 Å². The molecule has 0 radical (unpaired) electrons. The standard InChI is InChI=1S/C21H32N2O3/c1-13(2)18(14(3)4)22-21(25)20-19(16-10-8-7-9-11-16)23(15(5)6)17(24)12-26-20/h7-11,13-15,18-20H,12H2,1-6H3,(H,22,25)/t19-,20+/m1/s1. The fourth-order valence-corrected chi connectivity index (χ4v) is 3.79. The van der Waals surface area contributed by atoms with E-state index in [4.69, 9.17) is 4.74 Å². The number of hydrogen-bond acceptors (Lipinski definition) is 3. The van der Waals surface area contributed by atoms with E-state index in [9.17, 15) is 9.59 Å². The average Bonchev–Trinajstić information content (AvgIpc) is 2.58. The minimum Gasteiger partial charge on any atom is -0.356 e. The van der Waals surface area contributed by atoms with Gasteiger partial charge in [-0.3, -0.25) is 9.59 Å². The fraction of sp³-hybridized carbons (Fsp3) is 0.619. The van der Waals surface area contributed by atoms with Crippen molar-refractivity contribution in [2.75, 3.05) is 6.61 Å². The summed E-state index contributed by atoms with van der Waals surface area (Å²) in [6.07, 6.45) is -0.711. The third kappa shape index (κ3) is 4.44. The summed E-state index contributed by atoms with van der Waals surface area (Å²) in [5.41, 5.74) is 0.917. The Morgan fingerprint density at radius 2 is 1.65 bits per heavy atom. The van der Waals surface area contributed by atoms with Gasteiger partial charge in [-0.1, -0.05) is 58.0 Å². The molecule has 0 bridgehead atoms. The molecule has 0 unspecified atom stereocenters. The van der Waals surface area contributed by atoms with Gasteiger partial charge >= 0.3 is 0 Å². The van der Waals surface area contributed by atoms with Crippen LogP contribution >= 0.6 is 0 Å². The van der Waals surface area contributed by atoms with Crippen molar-refractivity contribution in [1.29, 1.82) is 0 Å². The molecule has 1 aliphatic rings. The molecule has 0 aromatic heterocycles. The number of hydrogen-bond donors (Lipinski definition) is 1. The predicted octanol–water partition coefficient (Wildman–Crippen LogP) is 3.16. The zero-order valence-electron chi connectivity index (χ0n) is 16.7. The van der Waals surface area contributed by atoms with Gasteiger partial charge in [0.2, 0.25) is 5.91 Å². The molecular weight excluding hydrogens is 328 g/mol. The molecule has 26 heavy (non-hydrogen) atoms. The molecule has 1 N–H and O–H groups in total. The molecule has 0 saturated carbocycles. The molecule has 5 heteroatoms. The Morgan fingerprint density at radius 3 is 2.15 bits per heavy atom. The van der Waals surface area contributed by atoms with E-state index < -0.39 is 12.1 Å². The predicted molar refractivity (Wildman–Crippen MR) is 103 cm³/mol. The largest absolute Gasteiger partial charge is 0.356 e. The van der Waals surface area contributed by atoms with Crippen molar-refractivity contribution < 1.29 is 14.3 Å². The van der Waals surface area contributed by atoms with Gasteiger partial charge in [0.25, 0.3) is 5.91 Å². The summed E-state index contributed by atoms with van der Waals surface area (Å²) in [5.74, 6) is 0.410. The summed E-state index contributed by atoms with van der Waals surface area (Å²) in [5, 5.41) is 3.16.